The molecule has 0 aliphatic carbocycles. The molecule has 0 spiro atoms. The summed E-state index contributed by atoms with van der Waals surface area (Å²) in [6, 6.07) is 13.2. The Labute approximate surface area is 126 Å². The van der Waals surface area contributed by atoms with Crippen LogP contribution in [0.5, 0.6) is 0 Å². The molecule has 20 heavy (non-hydrogen) atoms. The van der Waals surface area contributed by atoms with Crippen molar-refractivity contribution >= 4 is 11.8 Å². The molecular weight excluding hydrogens is 264 g/mol. The van der Waals surface area contributed by atoms with Crippen molar-refractivity contribution < 1.29 is 0 Å². The van der Waals surface area contributed by atoms with Gasteiger partial charge in [-0.05, 0) is 56.6 Å². The molecule has 0 radical (unpaired) electrons. The first-order valence-corrected chi connectivity index (χ1v) is 7.94. The van der Waals surface area contributed by atoms with Crippen molar-refractivity contribution in [1.82, 2.24) is 10.3 Å². The van der Waals surface area contributed by atoms with Gasteiger partial charge in [0.25, 0.3) is 0 Å². The molecule has 1 atom stereocenters. The van der Waals surface area contributed by atoms with Crippen molar-refractivity contribution in [2.45, 2.75) is 43.2 Å². The van der Waals surface area contributed by atoms with Crippen LogP contribution in [0.2, 0.25) is 0 Å². The zero-order valence-corrected chi connectivity index (χ0v) is 13.2. The Morgan fingerprint density at radius 1 is 1.25 bits per heavy atom. The molecule has 1 unspecified atom stereocenters. The first-order chi connectivity index (χ1) is 9.69. The summed E-state index contributed by atoms with van der Waals surface area (Å²) >= 11 is 1.72. The number of rotatable bonds is 6. The van der Waals surface area contributed by atoms with Crippen molar-refractivity contribution in [1.29, 1.82) is 0 Å². The van der Waals surface area contributed by atoms with Crippen LogP contribution >= 0.6 is 11.8 Å². The van der Waals surface area contributed by atoms with Gasteiger partial charge in [0.1, 0.15) is 5.03 Å². The lowest BCUT2D eigenvalue weighted by Gasteiger charge is -2.14. The Morgan fingerprint density at radius 2 is 2.10 bits per heavy atom. The minimum absolute atomic E-state index is 0.370. The van der Waals surface area contributed by atoms with Gasteiger partial charge in [-0.1, -0.05) is 36.4 Å². The maximum absolute atomic E-state index is 4.46. The highest BCUT2D eigenvalue weighted by Crippen LogP contribution is 2.28. The Bertz CT molecular complexity index is 554. The van der Waals surface area contributed by atoms with Crippen molar-refractivity contribution in [2.24, 2.45) is 0 Å². The maximum atomic E-state index is 4.46. The van der Waals surface area contributed by atoms with E-state index >= 15 is 0 Å². The molecule has 1 aromatic carbocycles. The Morgan fingerprint density at radius 3 is 2.85 bits per heavy atom. The first kappa shape index (κ1) is 15.1. The fraction of sp³-hybridized carbons (Fsp3) is 0.353. The lowest BCUT2D eigenvalue weighted by molar-refractivity contribution is 0.569. The zero-order chi connectivity index (χ0) is 14.4. The van der Waals surface area contributed by atoms with Gasteiger partial charge in [-0.3, -0.25) is 0 Å². The second-order valence-corrected chi connectivity index (χ2v) is 6.12. The number of aromatic nitrogens is 1. The van der Waals surface area contributed by atoms with E-state index in [1.165, 1.54) is 16.0 Å². The minimum Gasteiger partial charge on any atom is -0.310 e. The average Bonchev–Trinajstić information content (AvgIpc) is 2.45. The van der Waals surface area contributed by atoms with Crippen LogP contribution in [0.25, 0.3) is 0 Å². The molecule has 3 heteroatoms. The summed E-state index contributed by atoms with van der Waals surface area (Å²) in [5, 5.41) is 4.57. The lowest BCUT2D eigenvalue weighted by Crippen LogP contribution is -2.19. The summed E-state index contributed by atoms with van der Waals surface area (Å²) < 4.78 is 0. The first-order valence-electron chi connectivity index (χ1n) is 7.13. The van der Waals surface area contributed by atoms with Gasteiger partial charge in [-0.15, -0.1) is 0 Å². The van der Waals surface area contributed by atoms with Gasteiger partial charge < -0.3 is 5.32 Å². The topological polar surface area (TPSA) is 24.9 Å². The largest absolute Gasteiger partial charge is 0.310 e. The van der Waals surface area contributed by atoms with Gasteiger partial charge in [-0.25, -0.2) is 4.98 Å². The third-order valence-corrected chi connectivity index (χ3v) is 4.09. The Hall–Kier alpha value is -1.32. The molecule has 2 aromatic rings. The van der Waals surface area contributed by atoms with E-state index in [9.17, 15) is 0 Å². The summed E-state index contributed by atoms with van der Waals surface area (Å²) in [6.07, 6.45) is 3.05. The number of pyridine rings is 1. The number of hydrogen-bond donors (Lipinski definition) is 1. The summed E-state index contributed by atoms with van der Waals surface area (Å²) in [7, 11) is 0. The number of aryl methyl sites for hydroxylation is 1. The van der Waals surface area contributed by atoms with Gasteiger partial charge in [0.15, 0.2) is 0 Å². The highest BCUT2D eigenvalue weighted by Gasteiger charge is 2.06. The van der Waals surface area contributed by atoms with Gasteiger partial charge >= 0.3 is 0 Å². The van der Waals surface area contributed by atoms with Crippen LogP contribution in [0.3, 0.4) is 0 Å². The average molecular weight is 286 g/mol. The molecule has 0 saturated heterocycles. The number of benzene rings is 1. The van der Waals surface area contributed by atoms with Crippen LogP contribution in [0.1, 0.15) is 37.4 Å². The van der Waals surface area contributed by atoms with Crippen LogP contribution in [0.15, 0.2) is 52.5 Å². The van der Waals surface area contributed by atoms with E-state index in [1.54, 1.807) is 11.8 Å². The van der Waals surface area contributed by atoms with Crippen molar-refractivity contribution in [3.8, 4) is 0 Å². The predicted molar refractivity (Wildman–Crippen MR) is 86.2 cm³/mol. The maximum Gasteiger partial charge on any atom is 0.101 e. The van der Waals surface area contributed by atoms with Crippen LogP contribution < -0.4 is 5.32 Å². The zero-order valence-electron chi connectivity index (χ0n) is 12.4. The molecule has 0 bridgehead atoms. The lowest BCUT2D eigenvalue weighted by atomic mass is 10.1. The highest BCUT2D eigenvalue weighted by molar-refractivity contribution is 7.99. The molecule has 1 N–H and O–H groups in total. The standard InChI is InChI=1S/C17H22N2S/c1-4-9-18-14(3)15-8-10-19-17(12-15)20-16-7-5-6-13(2)11-16/h5-8,10-12,14,18H,4,9H2,1-3H3. The molecule has 0 saturated carbocycles. The summed E-state index contributed by atoms with van der Waals surface area (Å²) in [4.78, 5) is 5.70. The van der Waals surface area contributed by atoms with E-state index in [2.05, 4.69) is 67.5 Å². The van der Waals surface area contributed by atoms with E-state index in [1.807, 2.05) is 6.20 Å². The summed E-state index contributed by atoms with van der Waals surface area (Å²) in [5.41, 5.74) is 2.58. The van der Waals surface area contributed by atoms with Gasteiger partial charge in [0, 0.05) is 17.1 Å². The van der Waals surface area contributed by atoms with Crippen molar-refractivity contribution in [3.63, 3.8) is 0 Å². The quantitative estimate of drug-likeness (QED) is 0.840. The molecule has 2 rings (SSSR count). The van der Waals surface area contributed by atoms with Gasteiger partial charge in [0.2, 0.25) is 0 Å². The predicted octanol–water partition coefficient (Wildman–Crippen LogP) is 4.60. The number of hydrogen-bond acceptors (Lipinski definition) is 3. The van der Waals surface area contributed by atoms with Gasteiger partial charge in [-0.2, -0.15) is 0 Å². The van der Waals surface area contributed by atoms with Crippen LogP contribution in [0.4, 0.5) is 0 Å². The van der Waals surface area contributed by atoms with E-state index in [-0.39, 0.29) is 0 Å². The van der Waals surface area contributed by atoms with E-state index in [4.69, 9.17) is 0 Å². The molecule has 1 aromatic heterocycles. The summed E-state index contributed by atoms with van der Waals surface area (Å²) in [6.45, 7) is 7.55. The second kappa shape index (κ2) is 7.46. The molecule has 1 heterocycles. The van der Waals surface area contributed by atoms with Gasteiger partial charge in [0.05, 0.1) is 0 Å². The second-order valence-electron chi connectivity index (χ2n) is 5.02. The third-order valence-electron chi connectivity index (χ3n) is 3.17. The van der Waals surface area contributed by atoms with Crippen molar-refractivity contribution in [3.05, 3.63) is 53.7 Å². The molecular formula is C17H22N2S. The molecule has 0 aliphatic rings. The van der Waals surface area contributed by atoms with Crippen LogP contribution in [-0.4, -0.2) is 11.5 Å². The fourth-order valence-corrected chi connectivity index (χ4v) is 2.97. The number of nitrogens with one attached hydrogen (secondary N) is 1. The van der Waals surface area contributed by atoms with Crippen LogP contribution in [0, 0.1) is 6.92 Å². The number of nitrogens with zero attached hydrogens (tertiary/aromatic N) is 1. The minimum atomic E-state index is 0.370. The SMILES string of the molecule is CCCNC(C)c1ccnc(Sc2cccc(C)c2)c1. The van der Waals surface area contributed by atoms with Crippen molar-refractivity contribution in [2.75, 3.05) is 6.54 Å². The molecule has 0 fully saturated rings. The Kier molecular flexibility index (Phi) is 5.62. The highest BCUT2D eigenvalue weighted by atomic mass is 32.2. The van der Waals surface area contributed by atoms with Crippen LogP contribution in [-0.2, 0) is 0 Å². The molecule has 0 amide bonds. The van der Waals surface area contributed by atoms with E-state index in [0.29, 0.717) is 6.04 Å². The molecule has 106 valence electrons. The molecule has 2 nitrogen and oxygen atoms in total. The van der Waals surface area contributed by atoms with E-state index in [0.717, 1.165) is 18.0 Å². The van der Waals surface area contributed by atoms with E-state index < -0.39 is 0 Å². The smallest absolute Gasteiger partial charge is 0.101 e. The Balaban J connectivity index is 2.09. The molecule has 0 aliphatic heterocycles. The summed E-state index contributed by atoms with van der Waals surface area (Å²) in [5.74, 6) is 0. The normalized spacial score (nSPS) is 12.3. The fourth-order valence-electron chi connectivity index (χ4n) is 2.03. The third kappa shape index (κ3) is 4.36. The monoisotopic (exact) mass is 286 g/mol.